The summed E-state index contributed by atoms with van der Waals surface area (Å²) in [7, 11) is 0. The third kappa shape index (κ3) is 4.06. The van der Waals surface area contributed by atoms with E-state index in [9.17, 15) is 13.9 Å². The Morgan fingerprint density at radius 3 is 2.50 bits per heavy atom. The summed E-state index contributed by atoms with van der Waals surface area (Å²) in [5.41, 5.74) is 0.535. The SMILES string of the molecule is C=C(C)OC1CN(C(O)CN2CCC(C(=C)C)C(F)(F)C2)C1. The van der Waals surface area contributed by atoms with Crippen molar-refractivity contribution < 1.29 is 18.6 Å². The van der Waals surface area contributed by atoms with Gasteiger partial charge in [0.1, 0.15) is 12.3 Å². The van der Waals surface area contributed by atoms with Gasteiger partial charge < -0.3 is 9.84 Å². The van der Waals surface area contributed by atoms with Gasteiger partial charge in [-0.05, 0) is 26.8 Å². The van der Waals surface area contributed by atoms with Crippen LogP contribution in [0, 0.1) is 5.92 Å². The number of hydrogen-bond donors (Lipinski definition) is 1. The van der Waals surface area contributed by atoms with Crippen LogP contribution in [0.2, 0.25) is 0 Å². The highest BCUT2D eigenvalue weighted by Gasteiger charge is 2.45. The minimum atomic E-state index is -2.77. The Morgan fingerprint density at radius 2 is 2.00 bits per heavy atom. The minimum absolute atomic E-state index is 0.0442. The van der Waals surface area contributed by atoms with Crippen LogP contribution in [0.4, 0.5) is 8.78 Å². The van der Waals surface area contributed by atoms with Gasteiger partial charge in [0.15, 0.2) is 0 Å². The molecule has 6 heteroatoms. The van der Waals surface area contributed by atoms with Crippen molar-refractivity contribution in [2.75, 3.05) is 32.7 Å². The number of ether oxygens (including phenoxy) is 1. The van der Waals surface area contributed by atoms with Gasteiger partial charge in [0.25, 0.3) is 5.92 Å². The van der Waals surface area contributed by atoms with Crippen LogP contribution in [0.25, 0.3) is 0 Å². The van der Waals surface area contributed by atoms with Crippen LogP contribution in [-0.4, -0.2) is 65.9 Å². The van der Waals surface area contributed by atoms with Crippen LogP contribution in [0.3, 0.4) is 0 Å². The number of hydrogen-bond acceptors (Lipinski definition) is 4. The summed E-state index contributed by atoms with van der Waals surface area (Å²) < 4.78 is 33.6. The van der Waals surface area contributed by atoms with Gasteiger partial charge in [-0.2, -0.15) is 0 Å². The molecule has 0 bridgehead atoms. The molecule has 0 aromatic rings. The molecular formula is C16H26F2N2O2. The van der Waals surface area contributed by atoms with Crippen molar-refractivity contribution in [3.8, 4) is 0 Å². The van der Waals surface area contributed by atoms with E-state index >= 15 is 0 Å². The molecule has 0 saturated carbocycles. The van der Waals surface area contributed by atoms with Crippen LogP contribution in [0.1, 0.15) is 20.3 Å². The summed E-state index contributed by atoms with van der Waals surface area (Å²) in [6.07, 6.45) is -0.305. The average Bonchev–Trinajstić information content (AvgIpc) is 2.30. The van der Waals surface area contributed by atoms with E-state index < -0.39 is 18.1 Å². The van der Waals surface area contributed by atoms with Crippen LogP contribution in [-0.2, 0) is 4.74 Å². The predicted molar refractivity (Wildman–Crippen MR) is 81.6 cm³/mol. The fourth-order valence-electron chi connectivity index (χ4n) is 3.19. The molecule has 2 unspecified atom stereocenters. The first kappa shape index (κ1) is 17.4. The Labute approximate surface area is 131 Å². The Hall–Kier alpha value is -0.980. The molecule has 0 aromatic heterocycles. The number of halogens is 2. The van der Waals surface area contributed by atoms with Gasteiger partial charge in [-0.1, -0.05) is 18.7 Å². The van der Waals surface area contributed by atoms with Crippen molar-refractivity contribution in [3.05, 3.63) is 24.5 Å². The Bertz CT molecular complexity index is 436. The molecule has 126 valence electrons. The molecule has 2 rings (SSSR count). The average molecular weight is 316 g/mol. The van der Waals surface area contributed by atoms with Crippen LogP contribution in [0.15, 0.2) is 24.5 Å². The van der Waals surface area contributed by atoms with E-state index in [2.05, 4.69) is 13.2 Å². The number of allylic oxidation sites excluding steroid dienone is 2. The molecule has 0 aliphatic carbocycles. The Kier molecular flexibility index (Phi) is 5.25. The maximum atomic E-state index is 14.1. The standard InChI is InChI=1S/C16H26F2N2O2/c1-11(2)14-5-6-19(10-16(14,17)18)9-15(21)20-7-13(8-20)22-12(3)4/h13-15,21H,1,3,5-10H2,2,4H3. The highest BCUT2D eigenvalue weighted by Crippen LogP contribution is 2.37. The molecule has 2 aliphatic heterocycles. The zero-order valence-electron chi connectivity index (χ0n) is 13.4. The second kappa shape index (κ2) is 6.64. The topological polar surface area (TPSA) is 35.9 Å². The molecule has 0 amide bonds. The predicted octanol–water partition coefficient (Wildman–Crippen LogP) is 2.07. The molecule has 0 radical (unpaired) electrons. The number of aliphatic hydroxyl groups is 1. The van der Waals surface area contributed by atoms with Gasteiger partial charge >= 0.3 is 0 Å². The second-order valence-corrected chi connectivity index (χ2v) is 6.56. The number of β-amino-alcohol motifs (C(OH)–C–C–N with tert-alkyl or cyclic N) is 1. The second-order valence-electron chi connectivity index (χ2n) is 6.56. The molecule has 22 heavy (non-hydrogen) atoms. The lowest BCUT2D eigenvalue weighted by molar-refractivity contribution is -0.139. The number of likely N-dealkylation sites (tertiary alicyclic amines) is 2. The molecule has 2 atom stereocenters. The summed E-state index contributed by atoms with van der Waals surface area (Å²) in [5.74, 6) is -2.87. The third-order valence-corrected chi connectivity index (χ3v) is 4.36. The normalized spacial score (nSPS) is 28.0. The number of nitrogens with zero attached hydrogens (tertiary/aromatic N) is 2. The van der Waals surface area contributed by atoms with Gasteiger partial charge in [0.05, 0.1) is 12.3 Å². The van der Waals surface area contributed by atoms with E-state index in [0.29, 0.717) is 37.4 Å². The van der Waals surface area contributed by atoms with Gasteiger partial charge in [-0.15, -0.1) is 0 Å². The first-order valence-electron chi connectivity index (χ1n) is 7.69. The molecule has 1 N–H and O–H groups in total. The molecule has 0 aromatic carbocycles. The Morgan fingerprint density at radius 1 is 1.36 bits per heavy atom. The van der Waals surface area contributed by atoms with E-state index in [-0.39, 0.29) is 19.2 Å². The summed E-state index contributed by atoms with van der Waals surface area (Å²) in [6, 6.07) is 0. The van der Waals surface area contributed by atoms with Crippen molar-refractivity contribution in [2.24, 2.45) is 5.92 Å². The monoisotopic (exact) mass is 316 g/mol. The molecule has 2 aliphatic rings. The van der Waals surface area contributed by atoms with E-state index in [0.717, 1.165) is 0 Å². The van der Waals surface area contributed by atoms with Gasteiger partial charge in [0, 0.05) is 25.6 Å². The highest BCUT2D eigenvalue weighted by atomic mass is 19.3. The van der Waals surface area contributed by atoms with Gasteiger partial charge in [0.2, 0.25) is 0 Å². The number of piperidine rings is 1. The maximum Gasteiger partial charge on any atom is 0.266 e. The van der Waals surface area contributed by atoms with Crippen molar-refractivity contribution in [1.29, 1.82) is 0 Å². The van der Waals surface area contributed by atoms with Crippen molar-refractivity contribution >= 4 is 0 Å². The highest BCUT2D eigenvalue weighted by molar-refractivity contribution is 5.06. The van der Waals surface area contributed by atoms with E-state index in [1.54, 1.807) is 18.7 Å². The van der Waals surface area contributed by atoms with Crippen LogP contribution in [0.5, 0.6) is 0 Å². The molecule has 0 spiro atoms. The van der Waals surface area contributed by atoms with Gasteiger partial charge in [-0.3, -0.25) is 9.80 Å². The zero-order chi connectivity index (χ0) is 16.5. The maximum absolute atomic E-state index is 14.1. The number of rotatable bonds is 6. The Balaban J connectivity index is 1.78. The largest absolute Gasteiger partial charge is 0.493 e. The molecule has 2 saturated heterocycles. The molecular weight excluding hydrogens is 290 g/mol. The quantitative estimate of drug-likeness (QED) is 0.601. The summed E-state index contributed by atoms with van der Waals surface area (Å²) >= 11 is 0. The molecule has 2 fully saturated rings. The van der Waals surface area contributed by atoms with Crippen molar-refractivity contribution in [2.45, 2.75) is 38.5 Å². The smallest absolute Gasteiger partial charge is 0.266 e. The minimum Gasteiger partial charge on any atom is -0.493 e. The molecule has 4 nitrogen and oxygen atoms in total. The lowest BCUT2D eigenvalue weighted by Crippen LogP contribution is -2.60. The summed E-state index contributed by atoms with van der Waals surface area (Å²) in [5, 5.41) is 10.2. The lowest BCUT2D eigenvalue weighted by atomic mass is 9.87. The summed E-state index contributed by atoms with van der Waals surface area (Å²) in [4.78, 5) is 3.47. The zero-order valence-corrected chi connectivity index (χ0v) is 13.4. The number of alkyl halides is 2. The van der Waals surface area contributed by atoms with Crippen LogP contribution < -0.4 is 0 Å². The first-order chi connectivity index (χ1) is 10.2. The fourth-order valence-corrected chi connectivity index (χ4v) is 3.19. The van der Waals surface area contributed by atoms with E-state index in [4.69, 9.17) is 4.74 Å². The van der Waals surface area contributed by atoms with Crippen LogP contribution >= 0.6 is 0 Å². The first-order valence-corrected chi connectivity index (χ1v) is 7.69. The summed E-state index contributed by atoms with van der Waals surface area (Å²) in [6.45, 7) is 12.5. The van der Waals surface area contributed by atoms with E-state index in [1.165, 1.54) is 0 Å². The fraction of sp³-hybridized carbons (Fsp3) is 0.750. The third-order valence-electron chi connectivity index (χ3n) is 4.36. The van der Waals surface area contributed by atoms with E-state index in [1.807, 2.05) is 4.90 Å². The van der Waals surface area contributed by atoms with Crippen molar-refractivity contribution in [1.82, 2.24) is 9.80 Å². The van der Waals surface area contributed by atoms with Gasteiger partial charge in [-0.25, -0.2) is 8.78 Å². The molecule has 2 heterocycles. The van der Waals surface area contributed by atoms with Crippen molar-refractivity contribution in [3.63, 3.8) is 0 Å². The number of aliphatic hydroxyl groups excluding tert-OH is 1. The lowest BCUT2D eigenvalue weighted by Gasteiger charge is -2.45.